The predicted octanol–water partition coefficient (Wildman–Crippen LogP) is 5.25. The average Bonchev–Trinajstić information content (AvgIpc) is 2.47. The molecule has 0 N–H and O–H groups in total. The van der Waals surface area contributed by atoms with Crippen molar-refractivity contribution in [3.8, 4) is 0 Å². The maximum Gasteiger partial charge on any atom is -0.0162 e. The molecule has 0 nitrogen and oxygen atoms in total. The molecule has 1 saturated carbocycles. The lowest BCUT2D eigenvalue weighted by molar-refractivity contribution is 0.316. The summed E-state index contributed by atoms with van der Waals surface area (Å²) in [5.41, 5.74) is 4.89. The highest BCUT2D eigenvalue weighted by atomic mass is 14.3. The van der Waals surface area contributed by atoms with Gasteiger partial charge in [-0.1, -0.05) is 44.4 Å². The van der Waals surface area contributed by atoms with E-state index in [9.17, 15) is 0 Å². The van der Waals surface area contributed by atoms with E-state index in [2.05, 4.69) is 25.1 Å². The van der Waals surface area contributed by atoms with Gasteiger partial charge in [0.25, 0.3) is 0 Å². The second-order valence-corrected chi connectivity index (χ2v) is 6.42. The maximum absolute atomic E-state index is 2.54. The van der Waals surface area contributed by atoms with Crippen molar-refractivity contribution in [3.63, 3.8) is 0 Å². The van der Waals surface area contributed by atoms with E-state index in [0.717, 1.165) is 11.8 Å². The fourth-order valence-electron chi connectivity index (χ4n) is 3.94. The molecule has 3 rings (SSSR count). The second-order valence-electron chi connectivity index (χ2n) is 6.42. The molecule has 1 fully saturated rings. The van der Waals surface area contributed by atoms with Crippen molar-refractivity contribution < 1.29 is 0 Å². The van der Waals surface area contributed by atoms with E-state index in [-0.39, 0.29) is 0 Å². The second kappa shape index (κ2) is 5.47. The Balaban J connectivity index is 1.78. The van der Waals surface area contributed by atoms with Gasteiger partial charge in [0.2, 0.25) is 0 Å². The molecule has 0 bridgehead atoms. The Morgan fingerprint density at radius 2 is 1.61 bits per heavy atom. The summed E-state index contributed by atoms with van der Waals surface area (Å²) in [6, 6.07) is 7.38. The lowest BCUT2D eigenvalue weighted by Crippen LogP contribution is -2.14. The third-order valence-electron chi connectivity index (χ3n) is 5.26. The Bertz CT molecular complexity index is 398. The predicted molar refractivity (Wildman–Crippen MR) is 78.1 cm³/mol. The van der Waals surface area contributed by atoms with Crippen LogP contribution in [0.25, 0.3) is 0 Å². The van der Waals surface area contributed by atoms with E-state index in [4.69, 9.17) is 0 Å². The van der Waals surface area contributed by atoms with Crippen LogP contribution in [0.5, 0.6) is 0 Å². The summed E-state index contributed by atoms with van der Waals surface area (Å²) in [6.07, 6.45) is 12.7. The van der Waals surface area contributed by atoms with Crippen molar-refractivity contribution in [1.82, 2.24) is 0 Å². The molecule has 1 aromatic carbocycles. The molecule has 0 radical (unpaired) electrons. The lowest BCUT2D eigenvalue weighted by Gasteiger charge is -2.29. The van der Waals surface area contributed by atoms with Crippen molar-refractivity contribution in [2.75, 3.05) is 0 Å². The number of benzene rings is 1. The van der Waals surface area contributed by atoms with Crippen LogP contribution in [0.4, 0.5) is 0 Å². The first-order valence-electron chi connectivity index (χ1n) is 7.96. The first kappa shape index (κ1) is 12.3. The fourth-order valence-corrected chi connectivity index (χ4v) is 3.94. The molecule has 1 atom stereocenters. The van der Waals surface area contributed by atoms with Gasteiger partial charge in [0, 0.05) is 0 Å². The normalized spacial score (nSPS) is 22.5. The Kier molecular flexibility index (Phi) is 3.72. The molecule has 0 aliphatic heterocycles. The molecule has 0 saturated heterocycles. The monoisotopic (exact) mass is 242 g/mol. The van der Waals surface area contributed by atoms with Gasteiger partial charge >= 0.3 is 0 Å². The Hall–Kier alpha value is -0.780. The van der Waals surface area contributed by atoms with Gasteiger partial charge in [-0.15, -0.1) is 0 Å². The molecular weight excluding hydrogens is 216 g/mol. The zero-order valence-electron chi connectivity index (χ0n) is 11.8. The summed E-state index contributed by atoms with van der Waals surface area (Å²) in [4.78, 5) is 0. The summed E-state index contributed by atoms with van der Waals surface area (Å²) in [7, 11) is 0. The van der Waals surface area contributed by atoms with Crippen LogP contribution in [0.3, 0.4) is 0 Å². The van der Waals surface area contributed by atoms with E-state index in [1.807, 2.05) is 0 Å². The highest BCUT2D eigenvalue weighted by Crippen LogP contribution is 2.36. The maximum atomic E-state index is 2.54. The van der Waals surface area contributed by atoms with E-state index in [0.29, 0.717) is 0 Å². The largest absolute Gasteiger partial charge is 0.0585 e. The van der Waals surface area contributed by atoms with Crippen molar-refractivity contribution in [3.05, 3.63) is 34.9 Å². The van der Waals surface area contributed by atoms with Gasteiger partial charge in [0.1, 0.15) is 0 Å². The van der Waals surface area contributed by atoms with Gasteiger partial charge in [-0.05, 0) is 67.1 Å². The first-order chi connectivity index (χ1) is 8.84. The molecule has 18 heavy (non-hydrogen) atoms. The minimum Gasteiger partial charge on any atom is -0.0585 e. The molecule has 0 heteroatoms. The van der Waals surface area contributed by atoms with Gasteiger partial charge in [-0.3, -0.25) is 0 Å². The SMILES string of the molecule is CC(c1ccc2c(c1)CCCC2)C1CCCCC1. The average molecular weight is 242 g/mol. The van der Waals surface area contributed by atoms with E-state index in [1.54, 1.807) is 16.7 Å². The van der Waals surface area contributed by atoms with E-state index in [1.165, 1.54) is 57.8 Å². The molecule has 2 aliphatic carbocycles. The molecule has 2 aliphatic rings. The van der Waals surface area contributed by atoms with Crippen LogP contribution in [0, 0.1) is 5.92 Å². The van der Waals surface area contributed by atoms with Crippen molar-refractivity contribution in [2.45, 2.75) is 70.6 Å². The summed E-state index contributed by atoms with van der Waals surface area (Å²) in [5, 5.41) is 0. The van der Waals surface area contributed by atoms with Crippen LogP contribution >= 0.6 is 0 Å². The lowest BCUT2D eigenvalue weighted by atomic mass is 9.77. The number of hydrogen-bond donors (Lipinski definition) is 0. The highest BCUT2D eigenvalue weighted by Gasteiger charge is 2.22. The smallest absolute Gasteiger partial charge is 0.0162 e. The molecule has 0 amide bonds. The van der Waals surface area contributed by atoms with Gasteiger partial charge in [0.05, 0.1) is 0 Å². The number of fused-ring (bicyclic) bond motifs is 1. The minimum absolute atomic E-state index is 0.775. The van der Waals surface area contributed by atoms with E-state index >= 15 is 0 Å². The topological polar surface area (TPSA) is 0 Å². The number of aryl methyl sites for hydroxylation is 2. The zero-order valence-corrected chi connectivity index (χ0v) is 11.8. The Morgan fingerprint density at radius 1 is 0.889 bits per heavy atom. The van der Waals surface area contributed by atoms with Crippen LogP contribution in [0.15, 0.2) is 18.2 Å². The van der Waals surface area contributed by atoms with Crippen molar-refractivity contribution in [2.24, 2.45) is 5.92 Å². The summed E-state index contributed by atoms with van der Waals surface area (Å²) in [6.45, 7) is 2.46. The van der Waals surface area contributed by atoms with Gasteiger partial charge < -0.3 is 0 Å². The van der Waals surface area contributed by atoms with Crippen LogP contribution in [0.1, 0.15) is 74.5 Å². The fraction of sp³-hybridized carbons (Fsp3) is 0.667. The van der Waals surface area contributed by atoms with Crippen LogP contribution in [-0.2, 0) is 12.8 Å². The van der Waals surface area contributed by atoms with Gasteiger partial charge in [-0.2, -0.15) is 0 Å². The Labute approximate surface area is 112 Å². The molecule has 98 valence electrons. The standard InChI is InChI=1S/C18H26/c1-14(15-7-3-2-4-8-15)17-12-11-16-9-5-6-10-18(16)13-17/h11-15H,2-10H2,1H3. The van der Waals surface area contributed by atoms with Crippen LogP contribution in [0.2, 0.25) is 0 Å². The zero-order chi connectivity index (χ0) is 12.4. The number of hydrogen-bond acceptors (Lipinski definition) is 0. The molecule has 0 aromatic heterocycles. The molecular formula is C18H26. The molecule has 0 spiro atoms. The quantitative estimate of drug-likeness (QED) is 0.664. The molecule has 1 aromatic rings. The van der Waals surface area contributed by atoms with Gasteiger partial charge in [0.15, 0.2) is 0 Å². The summed E-state index contributed by atoms with van der Waals surface area (Å²) < 4.78 is 0. The number of rotatable bonds is 2. The van der Waals surface area contributed by atoms with Crippen LogP contribution in [-0.4, -0.2) is 0 Å². The minimum atomic E-state index is 0.775. The molecule has 1 unspecified atom stereocenters. The molecule has 0 heterocycles. The third kappa shape index (κ3) is 2.48. The van der Waals surface area contributed by atoms with E-state index < -0.39 is 0 Å². The Morgan fingerprint density at radius 3 is 2.39 bits per heavy atom. The highest BCUT2D eigenvalue weighted by molar-refractivity contribution is 5.35. The van der Waals surface area contributed by atoms with Crippen molar-refractivity contribution in [1.29, 1.82) is 0 Å². The summed E-state index contributed by atoms with van der Waals surface area (Å²) in [5.74, 6) is 1.72. The third-order valence-corrected chi connectivity index (χ3v) is 5.26. The van der Waals surface area contributed by atoms with Crippen molar-refractivity contribution >= 4 is 0 Å². The summed E-state index contributed by atoms with van der Waals surface area (Å²) >= 11 is 0. The van der Waals surface area contributed by atoms with Crippen LogP contribution < -0.4 is 0 Å². The van der Waals surface area contributed by atoms with Gasteiger partial charge in [-0.25, -0.2) is 0 Å². The first-order valence-corrected chi connectivity index (χ1v) is 7.96.